The van der Waals surface area contributed by atoms with Crippen molar-refractivity contribution in [3.05, 3.63) is 0 Å². The average Bonchev–Trinajstić information content (AvgIpc) is 2.34. The minimum Gasteiger partial charge on any atom is -0.303 e. The van der Waals surface area contributed by atoms with Crippen LogP contribution in [0.3, 0.4) is 0 Å². The standard InChI is InChI=1S/C9H17NO/c1-8(2)5-10-4-3-9(6-10)7-11/h7-9H,3-6H2,1-2H3/t9-/m1/s1. The minimum absolute atomic E-state index is 0.314. The van der Waals surface area contributed by atoms with Gasteiger partial charge in [-0.05, 0) is 18.9 Å². The molecule has 2 nitrogen and oxygen atoms in total. The molecule has 0 amide bonds. The van der Waals surface area contributed by atoms with Crippen LogP contribution < -0.4 is 0 Å². The predicted octanol–water partition coefficient (Wildman–Crippen LogP) is 1.16. The van der Waals surface area contributed by atoms with Crippen LogP contribution in [0.2, 0.25) is 0 Å². The van der Waals surface area contributed by atoms with Gasteiger partial charge < -0.3 is 9.69 Å². The molecule has 0 unspecified atom stereocenters. The number of rotatable bonds is 3. The number of hydrogen-bond acceptors (Lipinski definition) is 2. The van der Waals surface area contributed by atoms with Crippen molar-refractivity contribution in [2.24, 2.45) is 11.8 Å². The van der Waals surface area contributed by atoms with Crippen LogP contribution in [-0.2, 0) is 4.79 Å². The normalized spacial score (nSPS) is 26.3. The van der Waals surface area contributed by atoms with Crippen molar-refractivity contribution in [1.29, 1.82) is 0 Å². The monoisotopic (exact) mass is 155 g/mol. The van der Waals surface area contributed by atoms with Crippen LogP contribution in [0.5, 0.6) is 0 Å². The highest BCUT2D eigenvalue weighted by Crippen LogP contribution is 2.14. The summed E-state index contributed by atoms with van der Waals surface area (Å²) in [6, 6.07) is 0. The van der Waals surface area contributed by atoms with Gasteiger partial charge in [-0.25, -0.2) is 0 Å². The molecule has 1 atom stereocenters. The second-order valence-electron chi connectivity index (χ2n) is 3.84. The van der Waals surface area contributed by atoms with Crippen LogP contribution in [0, 0.1) is 11.8 Å². The van der Waals surface area contributed by atoms with E-state index < -0.39 is 0 Å². The molecule has 1 rings (SSSR count). The highest BCUT2D eigenvalue weighted by atomic mass is 16.1. The first kappa shape index (κ1) is 8.72. The maximum atomic E-state index is 10.4. The van der Waals surface area contributed by atoms with E-state index in [9.17, 15) is 4.79 Å². The van der Waals surface area contributed by atoms with E-state index in [2.05, 4.69) is 18.7 Å². The van der Waals surface area contributed by atoms with Crippen LogP contribution >= 0.6 is 0 Å². The lowest BCUT2D eigenvalue weighted by Crippen LogP contribution is -2.25. The van der Waals surface area contributed by atoms with Crippen LogP contribution in [0.1, 0.15) is 20.3 Å². The van der Waals surface area contributed by atoms with E-state index in [1.807, 2.05) is 0 Å². The third-order valence-corrected chi connectivity index (χ3v) is 2.12. The smallest absolute Gasteiger partial charge is 0.124 e. The van der Waals surface area contributed by atoms with Gasteiger partial charge in [0.1, 0.15) is 6.29 Å². The second kappa shape index (κ2) is 3.86. The molecule has 1 saturated heterocycles. The van der Waals surface area contributed by atoms with Crippen LogP contribution in [-0.4, -0.2) is 30.8 Å². The third-order valence-electron chi connectivity index (χ3n) is 2.12. The summed E-state index contributed by atoms with van der Waals surface area (Å²) in [7, 11) is 0. The van der Waals surface area contributed by atoms with Gasteiger partial charge in [-0.1, -0.05) is 13.8 Å². The van der Waals surface area contributed by atoms with E-state index in [4.69, 9.17) is 0 Å². The quantitative estimate of drug-likeness (QED) is 0.570. The Labute approximate surface area is 68.6 Å². The first-order valence-corrected chi connectivity index (χ1v) is 4.40. The average molecular weight is 155 g/mol. The maximum absolute atomic E-state index is 10.4. The fourth-order valence-corrected chi connectivity index (χ4v) is 1.66. The van der Waals surface area contributed by atoms with Crippen molar-refractivity contribution in [3.8, 4) is 0 Å². The lowest BCUT2D eigenvalue weighted by molar-refractivity contribution is -0.110. The summed E-state index contributed by atoms with van der Waals surface area (Å²) in [5.74, 6) is 1.04. The van der Waals surface area contributed by atoms with Crippen LogP contribution in [0.25, 0.3) is 0 Å². The molecule has 64 valence electrons. The Morgan fingerprint density at radius 3 is 2.82 bits per heavy atom. The van der Waals surface area contributed by atoms with Crippen molar-refractivity contribution >= 4 is 6.29 Å². The number of carbonyl (C=O) groups is 1. The molecule has 1 aliphatic heterocycles. The van der Waals surface area contributed by atoms with Gasteiger partial charge in [0.05, 0.1) is 0 Å². The van der Waals surface area contributed by atoms with E-state index in [0.717, 1.165) is 38.3 Å². The molecule has 0 aromatic carbocycles. The molecule has 0 aliphatic carbocycles. The van der Waals surface area contributed by atoms with Gasteiger partial charge in [0.2, 0.25) is 0 Å². The van der Waals surface area contributed by atoms with E-state index in [1.54, 1.807) is 0 Å². The zero-order chi connectivity index (χ0) is 8.27. The summed E-state index contributed by atoms with van der Waals surface area (Å²) in [6.07, 6.45) is 2.16. The van der Waals surface area contributed by atoms with Gasteiger partial charge in [-0.2, -0.15) is 0 Å². The number of nitrogens with zero attached hydrogens (tertiary/aromatic N) is 1. The first-order valence-electron chi connectivity index (χ1n) is 4.40. The third kappa shape index (κ3) is 2.62. The summed E-state index contributed by atoms with van der Waals surface area (Å²) in [6.45, 7) is 7.68. The second-order valence-corrected chi connectivity index (χ2v) is 3.84. The Hall–Kier alpha value is -0.370. The molecular weight excluding hydrogens is 138 g/mol. The minimum atomic E-state index is 0.314. The molecule has 0 bridgehead atoms. The van der Waals surface area contributed by atoms with E-state index in [1.165, 1.54) is 0 Å². The zero-order valence-electron chi connectivity index (χ0n) is 7.42. The number of hydrogen-bond donors (Lipinski definition) is 0. The molecular formula is C9H17NO. The number of likely N-dealkylation sites (tertiary alicyclic amines) is 1. The van der Waals surface area contributed by atoms with Crippen molar-refractivity contribution in [1.82, 2.24) is 4.90 Å². The summed E-state index contributed by atoms with van der Waals surface area (Å²) < 4.78 is 0. The van der Waals surface area contributed by atoms with Gasteiger partial charge in [-0.3, -0.25) is 0 Å². The Balaban J connectivity index is 2.24. The van der Waals surface area contributed by atoms with Gasteiger partial charge in [0.25, 0.3) is 0 Å². The molecule has 0 aromatic rings. The van der Waals surface area contributed by atoms with Gasteiger partial charge in [0, 0.05) is 19.0 Å². The summed E-state index contributed by atoms with van der Waals surface area (Å²) in [4.78, 5) is 12.8. The molecule has 0 spiro atoms. The lowest BCUT2D eigenvalue weighted by Gasteiger charge is -2.16. The topological polar surface area (TPSA) is 20.3 Å². The van der Waals surface area contributed by atoms with Crippen LogP contribution in [0.4, 0.5) is 0 Å². The largest absolute Gasteiger partial charge is 0.303 e. The molecule has 11 heavy (non-hydrogen) atoms. The zero-order valence-corrected chi connectivity index (χ0v) is 7.42. The van der Waals surface area contributed by atoms with Gasteiger partial charge in [0.15, 0.2) is 0 Å². The van der Waals surface area contributed by atoms with Crippen molar-refractivity contribution in [3.63, 3.8) is 0 Å². The number of aldehydes is 1. The highest BCUT2D eigenvalue weighted by Gasteiger charge is 2.21. The van der Waals surface area contributed by atoms with E-state index >= 15 is 0 Å². The molecule has 1 fully saturated rings. The molecule has 1 heterocycles. The summed E-state index contributed by atoms with van der Waals surface area (Å²) in [5, 5.41) is 0. The Bertz CT molecular complexity index is 134. The van der Waals surface area contributed by atoms with Crippen molar-refractivity contribution < 1.29 is 4.79 Å². The van der Waals surface area contributed by atoms with Crippen LogP contribution in [0.15, 0.2) is 0 Å². The SMILES string of the molecule is CC(C)CN1CC[C@@H](C=O)C1. The number of carbonyl (C=O) groups excluding carboxylic acids is 1. The van der Waals surface area contributed by atoms with E-state index in [0.29, 0.717) is 5.92 Å². The summed E-state index contributed by atoms with van der Waals surface area (Å²) in [5.41, 5.74) is 0. The molecule has 0 radical (unpaired) electrons. The highest BCUT2D eigenvalue weighted by molar-refractivity contribution is 5.54. The summed E-state index contributed by atoms with van der Waals surface area (Å²) >= 11 is 0. The molecule has 2 heteroatoms. The van der Waals surface area contributed by atoms with Crippen molar-refractivity contribution in [2.45, 2.75) is 20.3 Å². The molecule has 0 N–H and O–H groups in total. The Morgan fingerprint density at radius 2 is 2.36 bits per heavy atom. The molecule has 1 aliphatic rings. The van der Waals surface area contributed by atoms with Crippen molar-refractivity contribution in [2.75, 3.05) is 19.6 Å². The Kier molecular flexibility index (Phi) is 3.06. The molecule has 0 aromatic heterocycles. The fourth-order valence-electron chi connectivity index (χ4n) is 1.66. The maximum Gasteiger partial charge on any atom is 0.124 e. The lowest BCUT2D eigenvalue weighted by atomic mass is 10.1. The first-order chi connectivity index (χ1) is 5.22. The van der Waals surface area contributed by atoms with E-state index in [-0.39, 0.29) is 0 Å². The predicted molar refractivity (Wildman–Crippen MR) is 45.4 cm³/mol. The Morgan fingerprint density at radius 1 is 1.64 bits per heavy atom. The fraction of sp³-hybridized carbons (Fsp3) is 0.889. The molecule has 0 saturated carbocycles. The van der Waals surface area contributed by atoms with Gasteiger partial charge >= 0.3 is 0 Å². The van der Waals surface area contributed by atoms with Gasteiger partial charge in [-0.15, -0.1) is 0 Å².